The third-order valence-corrected chi connectivity index (χ3v) is 4.19. The minimum Gasteiger partial charge on any atom is -0.0587 e. The largest absolute Gasteiger partial charge is 0.122 e. The van der Waals surface area contributed by atoms with Gasteiger partial charge in [0.2, 0.25) is 0 Å². The maximum Gasteiger partial charge on any atom is 0.122 e. The first-order valence-corrected chi connectivity index (χ1v) is 7.58. The predicted octanol–water partition coefficient (Wildman–Crippen LogP) is 5.74. The quantitative estimate of drug-likeness (QED) is 0.494. The highest BCUT2D eigenvalue weighted by molar-refractivity contribution is 5.80. The molecule has 0 spiro atoms. The van der Waals surface area contributed by atoms with Gasteiger partial charge in [0.05, 0.1) is 11.1 Å². The van der Waals surface area contributed by atoms with Gasteiger partial charge in [0, 0.05) is 30.2 Å². The first-order chi connectivity index (χ1) is 10.1. The lowest BCUT2D eigenvalue weighted by molar-refractivity contribution is 0.868. The van der Waals surface area contributed by atoms with Crippen LogP contribution >= 0.6 is 0 Å². The first-order valence-electron chi connectivity index (χ1n) is 7.58. The standard InChI is InChI=1S/C21H21/c1-14(2)18-10-9-15(3)21-19(11-16(4)20(21)13-18)12-17-7-5-6-8-17/h5-7,9-14H,1-4H3/q+1. The summed E-state index contributed by atoms with van der Waals surface area (Å²) >= 11 is 0. The van der Waals surface area contributed by atoms with Crippen molar-refractivity contribution in [1.29, 1.82) is 0 Å². The second kappa shape index (κ2) is 5.31. The molecule has 0 atom stereocenters. The predicted molar refractivity (Wildman–Crippen MR) is 90.8 cm³/mol. The van der Waals surface area contributed by atoms with Crippen LogP contribution in [0.3, 0.4) is 0 Å². The van der Waals surface area contributed by atoms with E-state index < -0.39 is 0 Å². The van der Waals surface area contributed by atoms with E-state index in [1.54, 1.807) is 0 Å². The zero-order valence-corrected chi connectivity index (χ0v) is 13.2. The average molecular weight is 273 g/mol. The van der Waals surface area contributed by atoms with Crippen molar-refractivity contribution in [1.82, 2.24) is 0 Å². The Labute approximate surface area is 127 Å². The molecule has 0 heterocycles. The molecule has 0 bridgehead atoms. The summed E-state index contributed by atoms with van der Waals surface area (Å²) in [5, 5.41) is 0. The van der Waals surface area contributed by atoms with E-state index in [1.807, 2.05) is 12.2 Å². The van der Waals surface area contributed by atoms with Crippen molar-refractivity contribution >= 4 is 0 Å². The maximum atomic E-state index is 3.26. The topological polar surface area (TPSA) is 0 Å². The van der Waals surface area contributed by atoms with E-state index in [1.165, 1.54) is 33.4 Å². The van der Waals surface area contributed by atoms with Gasteiger partial charge < -0.3 is 0 Å². The molecular weight excluding hydrogens is 252 g/mol. The Morgan fingerprint density at radius 2 is 1.86 bits per heavy atom. The summed E-state index contributed by atoms with van der Waals surface area (Å²) in [4.78, 5) is 0. The van der Waals surface area contributed by atoms with Gasteiger partial charge >= 0.3 is 0 Å². The molecule has 0 heteroatoms. The molecule has 0 aromatic carbocycles. The van der Waals surface area contributed by atoms with Gasteiger partial charge in [-0.25, -0.2) is 0 Å². The zero-order valence-electron chi connectivity index (χ0n) is 13.2. The van der Waals surface area contributed by atoms with Crippen molar-refractivity contribution in [2.24, 2.45) is 0 Å². The molecule has 0 saturated heterocycles. The van der Waals surface area contributed by atoms with Crippen LogP contribution in [-0.4, -0.2) is 0 Å². The van der Waals surface area contributed by atoms with Gasteiger partial charge in [-0.3, -0.25) is 0 Å². The van der Waals surface area contributed by atoms with Crippen molar-refractivity contribution in [2.45, 2.75) is 33.6 Å². The van der Waals surface area contributed by atoms with Crippen molar-refractivity contribution in [2.75, 3.05) is 0 Å². The zero-order chi connectivity index (χ0) is 15.0. The van der Waals surface area contributed by atoms with E-state index in [4.69, 9.17) is 0 Å². The Hall–Kier alpha value is -2.17. The highest BCUT2D eigenvalue weighted by Gasteiger charge is 2.22. The van der Waals surface area contributed by atoms with E-state index in [9.17, 15) is 0 Å². The molecule has 3 aliphatic rings. The minimum atomic E-state index is 0.546. The van der Waals surface area contributed by atoms with Gasteiger partial charge in [0.1, 0.15) is 5.57 Å². The van der Waals surface area contributed by atoms with Gasteiger partial charge in [0.15, 0.2) is 0 Å². The van der Waals surface area contributed by atoms with Gasteiger partial charge in [-0.1, -0.05) is 26.0 Å². The summed E-state index contributed by atoms with van der Waals surface area (Å²) in [6.07, 6.45) is 8.34. The van der Waals surface area contributed by atoms with Crippen LogP contribution in [0.1, 0.15) is 42.0 Å². The second-order valence-corrected chi connectivity index (χ2v) is 6.16. The number of fused-ring (bicyclic) bond motifs is 1. The van der Waals surface area contributed by atoms with Gasteiger partial charge in [-0.05, 0) is 54.3 Å². The fourth-order valence-electron chi connectivity index (χ4n) is 2.96. The van der Waals surface area contributed by atoms with Crippen LogP contribution in [0.15, 0.2) is 53.8 Å². The Balaban J connectivity index is 2.14. The molecule has 3 aliphatic carbocycles. The maximum absolute atomic E-state index is 3.26. The molecule has 0 amide bonds. The molecule has 0 unspecified atom stereocenters. The summed E-state index contributed by atoms with van der Waals surface area (Å²) in [6, 6.07) is 9.16. The third-order valence-electron chi connectivity index (χ3n) is 4.19. The Kier molecular flexibility index (Phi) is 3.49. The van der Waals surface area contributed by atoms with E-state index in [0.29, 0.717) is 5.92 Å². The van der Waals surface area contributed by atoms with E-state index in [-0.39, 0.29) is 0 Å². The lowest BCUT2D eigenvalue weighted by Crippen LogP contribution is -1.86. The van der Waals surface area contributed by atoms with Crippen LogP contribution in [-0.2, 0) is 0 Å². The summed E-state index contributed by atoms with van der Waals surface area (Å²) < 4.78 is 0. The average Bonchev–Trinajstić information content (AvgIpc) is 2.98. The van der Waals surface area contributed by atoms with E-state index in [0.717, 1.165) is 5.57 Å². The first kappa shape index (κ1) is 13.8. The molecular formula is C21H21+. The third kappa shape index (κ3) is 2.55. The SMILES string of the molecule is Cc1cc([CH+]C2=C=CC=C2)c2c(C)ccc(C(C)C)cc1-2. The van der Waals surface area contributed by atoms with Crippen molar-refractivity contribution in [3.8, 4) is 11.1 Å². The van der Waals surface area contributed by atoms with Crippen LogP contribution in [0.4, 0.5) is 0 Å². The minimum absolute atomic E-state index is 0.546. The summed E-state index contributed by atoms with van der Waals surface area (Å²) in [5.74, 6) is 0.546. The fourth-order valence-corrected chi connectivity index (χ4v) is 2.96. The van der Waals surface area contributed by atoms with Gasteiger partial charge in [-0.15, -0.1) is 0 Å². The molecule has 0 aromatic rings. The molecule has 0 fully saturated rings. The van der Waals surface area contributed by atoms with Crippen LogP contribution < -0.4 is 0 Å². The molecule has 0 saturated carbocycles. The normalized spacial score (nSPS) is 13.3. The van der Waals surface area contributed by atoms with Gasteiger partial charge in [-0.2, -0.15) is 0 Å². The van der Waals surface area contributed by atoms with E-state index in [2.05, 4.69) is 70.2 Å². The molecule has 0 radical (unpaired) electrons. The number of allylic oxidation sites excluding steroid dienone is 3. The molecule has 21 heavy (non-hydrogen) atoms. The van der Waals surface area contributed by atoms with Crippen LogP contribution in [0.5, 0.6) is 0 Å². The van der Waals surface area contributed by atoms with Crippen LogP contribution in [0.25, 0.3) is 11.1 Å². The molecule has 0 nitrogen and oxygen atoms in total. The fraction of sp³-hybridized carbons (Fsp3) is 0.238. The van der Waals surface area contributed by atoms with Gasteiger partial charge in [0.25, 0.3) is 0 Å². The van der Waals surface area contributed by atoms with Crippen molar-refractivity contribution in [3.05, 3.63) is 82.5 Å². The second-order valence-electron chi connectivity index (χ2n) is 6.16. The summed E-state index contributed by atoms with van der Waals surface area (Å²) in [7, 11) is 0. The lowest BCUT2D eigenvalue weighted by Gasteiger charge is -2.02. The van der Waals surface area contributed by atoms with Crippen LogP contribution in [0, 0.1) is 20.3 Å². The summed E-state index contributed by atoms with van der Waals surface area (Å²) in [6.45, 7) is 8.91. The number of rotatable bonds is 3. The molecule has 104 valence electrons. The molecule has 3 rings (SSSR count). The molecule has 0 N–H and O–H groups in total. The van der Waals surface area contributed by atoms with E-state index >= 15 is 0 Å². The molecule has 0 aliphatic heterocycles. The highest BCUT2D eigenvalue weighted by atomic mass is 14.2. The highest BCUT2D eigenvalue weighted by Crippen LogP contribution is 2.37. The monoisotopic (exact) mass is 273 g/mol. The Bertz CT molecular complexity index is 750. The number of hydrogen-bond acceptors (Lipinski definition) is 0. The lowest BCUT2D eigenvalue weighted by atomic mass is 9.98. The Morgan fingerprint density at radius 1 is 1.05 bits per heavy atom. The molecule has 0 aromatic heterocycles. The smallest absolute Gasteiger partial charge is 0.0587 e. The number of aryl methyl sites for hydroxylation is 2. The van der Waals surface area contributed by atoms with Crippen molar-refractivity contribution < 1.29 is 0 Å². The number of hydrogen-bond donors (Lipinski definition) is 0. The Morgan fingerprint density at radius 3 is 2.52 bits per heavy atom. The summed E-state index contributed by atoms with van der Waals surface area (Å²) in [5.41, 5.74) is 12.5. The van der Waals surface area contributed by atoms with Crippen LogP contribution in [0.2, 0.25) is 0 Å². The van der Waals surface area contributed by atoms with Crippen molar-refractivity contribution in [3.63, 3.8) is 0 Å².